The maximum Gasteiger partial charge on any atom is 0.316 e. The monoisotopic (exact) mass is 357 g/mol. The van der Waals surface area contributed by atoms with Crippen LogP contribution < -0.4 is 0 Å². The zero-order chi connectivity index (χ0) is 18.6. The van der Waals surface area contributed by atoms with Gasteiger partial charge in [0.1, 0.15) is 11.9 Å². The minimum Gasteiger partial charge on any atom is -0.464 e. The number of carbonyl (C=O) groups is 1. The molecule has 2 fully saturated rings. The molecule has 0 amide bonds. The van der Waals surface area contributed by atoms with Crippen molar-refractivity contribution in [3.8, 4) is 6.07 Å². The van der Waals surface area contributed by atoms with Gasteiger partial charge in [0.2, 0.25) is 0 Å². The number of carbonyl (C=O) groups excluding carboxylic acids is 1. The molecule has 1 aromatic rings. The van der Waals surface area contributed by atoms with E-state index in [4.69, 9.17) is 10.00 Å². The first-order chi connectivity index (χ1) is 12.5. The molecule has 0 aliphatic heterocycles. The van der Waals surface area contributed by atoms with Crippen molar-refractivity contribution in [3.63, 3.8) is 0 Å². The molecule has 26 heavy (non-hydrogen) atoms. The summed E-state index contributed by atoms with van der Waals surface area (Å²) >= 11 is 0. The lowest BCUT2D eigenvalue weighted by Crippen LogP contribution is -2.41. The van der Waals surface area contributed by atoms with Crippen LogP contribution >= 0.6 is 0 Å². The van der Waals surface area contributed by atoms with Gasteiger partial charge in [-0.05, 0) is 43.4 Å². The van der Waals surface area contributed by atoms with Crippen molar-refractivity contribution in [2.75, 3.05) is 6.61 Å². The fraction of sp³-hybridized carbons (Fsp3) is 0.636. The summed E-state index contributed by atoms with van der Waals surface area (Å²) in [4.78, 5) is 13.2. The topological polar surface area (TPSA) is 50.1 Å². The van der Waals surface area contributed by atoms with Gasteiger partial charge in [0.15, 0.2) is 0 Å². The smallest absolute Gasteiger partial charge is 0.316 e. The van der Waals surface area contributed by atoms with Crippen molar-refractivity contribution in [1.82, 2.24) is 0 Å². The molecule has 4 heteroatoms. The van der Waals surface area contributed by atoms with Crippen LogP contribution in [0.2, 0.25) is 0 Å². The number of benzene rings is 1. The van der Waals surface area contributed by atoms with Gasteiger partial charge in [0.05, 0.1) is 17.6 Å². The minimum atomic E-state index is -0.766. The van der Waals surface area contributed by atoms with Crippen LogP contribution in [0.25, 0.3) is 0 Å². The number of hydrogen-bond acceptors (Lipinski definition) is 3. The first kappa shape index (κ1) is 18.9. The van der Waals surface area contributed by atoms with Crippen LogP contribution in [0.1, 0.15) is 82.3 Å². The lowest BCUT2D eigenvalue weighted by Gasteiger charge is -2.38. The third-order valence-electron chi connectivity index (χ3n) is 6.35. The Morgan fingerprint density at radius 2 is 1.73 bits per heavy atom. The molecule has 0 heterocycles. The van der Waals surface area contributed by atoms with Gasteiger partial charge in [-0.25, -0.2) is 4.39 Å². The van der Waals surface area contributed by atoms with Crippen molar-refractivity contribution in [2.45, 2.75) is 76.5 Å². The molecular weight excluding hydrogens is 329 g/mol. The van der Waals surface area contributed by atoms with E-state index in [2.05, 4.69) is 6.92 Å². The predicted octanol–water partition coefficient (Wildman–Crippen LogP) is 5.41. The van der Waals surface area contributed by atoms with E-state index in [0.29, 0.717) is 25.0 Å². The van der Waals surface area contributed by atoms with Crippen LogP contribution in [0.3, 0.4) is 0 Å². The van der Waals surface area contributed by atoms with E-state index in [1.165, 1.54) is 31.4 Å². The molecule has 0 radical (unpaired) electrons. The Labute approximate surface area is 155 Å². The van der Waals surface area contributed by atoms with Gasteiger partial charge in [-0.1, -0.05) is 51.5 Å². The third kappa shape index (κ3) is 3.77. The number of nitriles is 1. The summed E-state index contributed by atoms with van der Waals surface area (Å²) < 4.78 is 20.1. The Bertz CT molecular complexity index is 695. The van der Waals surface area contributed by atoms with Gasteiger partial charge in [-0.2, -0.15) is 5.26 Å². The Morgan fingerprint density at radius 3 is 2.31 bits per heavy atom. The number of rotatable bonds is 4. The summed E-state index contributed by atoms with van der Waals surface area (Å²) in [5.74, 6) is -0.768. The number of halogens is 1. The van der Waals surface area contributed by atoms with Gasteiger partial charge in [0, 0.05) is 5.41 Å². The quantitative estimate of drug-likeness (QED) is 0.677. The van der Waals surface area contributed by atoms with Crippen LogP contribution in [0.15, 0.2) is 18.2 Å². The highest BCUT2D eigenvalue weighted by molar-refractivity contribution is 5.83. The molecule has 0 spiro atoms. The highest BCUT2D eigenvalue weighted by Gasteiger charge is 2.44. The summed E-state index contributed by atoms with van der Waals surface area (Å²) in [7, 11) is 0. The molecule has 0 saturated heterocycles. The van der Waals surface area contributed by atoms with Crippen LogP contribution in [0.5, 0.6) is 0 Å². The Hall–Kier alpha value is -1.89. The largest absolute Gasteiger partial charge is 0.464 e. The van der Waals surface area contributed by atoms with Gasteiger partial charge in [-0.15, -0.1) is 0 Å². The summed E-state index contributed by atoms with van der Waals surface area (Å²) in [6.45, 7) is 2.65. The van der Waals surface area contributed by atoms with Crippen molar-refractivity contribution >= 4 is 5.97 Å². The average molecular weight is 357 g/mol. The summed E-state index contributed by atoms with van der Waals surface area (Å²) in [6, 6.07) is 6.43. The predicted molar refractivity (Wildman–Crippen MR) is 98.0 cm³/mol. The second-order valence-electron chi connectivity index (χ2n) is 8.40. The maximum atomic E-state index is 14.2. The van der Waals surface area contributed by atoms with E-state index < -0.39 is 11.2 Å². The zero-order valence-electron chi connectivity index (χ0n) is 15.7. The van der Waals surface area contributed by atoms with Crippen LogP contribution in [0.4, 0.5) is 4.39 Å². The number of ether oxygens (including phenoxy) is 1. The van der Waals surface area contributed by atoms with E-state index in [9.17, 15) is 9.18 Å². The summed E-state index contributed by atoms with van der Waals surface area (Å²) in [6.07, 6.45) is 10.2. The van der Waals surface area contributed by atoms with Crippen LogP contribution in [0, 0.1) is 22.6 Å². The van der Waals surface area contributed by atoms with Gasteiger partial charge < -0.3 is 4.74 Å². The first-order valence-electron chi connectivity index (χ1n) is 9.87. The molecule has 2 aliphatic rings. The molecular formula is C22H28FNO2. The minimum absolute atomic E-state index is 0.0165. The van der Waals surface area contributed by atoms with Gasteiger partial charge in [-0.3, -0.25) is 4.79 Å². The highest BCUT2D eigenvalue weighted by atomic mass is 19.1. The van der Waals surface area contributed by atoms with Crippen molar-refractivity contribution in [3.05, 3.63) is 35.1 Å². The summed E-state index contributed by atoms with van der Waals surface area (Å²) in [5, 5.41) is 8.97. The normalized spacial score (nSPS) is 21.6. The lowest BCUT2D eigenvalue weighted by molar-refractivity contribution is -0.156. The number of nitrogens with zero attached hydrogens (tertiary/aromatic N) is 1. The molecule has 0 unspecified atom stereocenters. The van der Waals surface area contributed by atoms with E-state index in [1.54, 1.807) is 6.07 Å². The average Bonchev–Trinajstić information content (AvgIpc) is 2.67. The molecule has 2 saturated carbocycles. The molecule has 140 valence electrons. The molecule has 2 aliphatic carbocycles. The Morgan fingerprint density at radius 1 is 1.12 bits per heavy atom. The number of esters is 1. The van der Waals surface area contributed by atoms with Crippen LogP contribution in [-0.2, 0) is 14.9 Å². The van der Waals surface area contributed by atoms with E-state index in [-0.39, 0.29) is 16.9 Å². The van der Waals surface area contributed by atoms with E-state index in [0.717, 1.165) is 32.1 Å². The third-order valence-corrected chi connectivity index (χ3v) is 6.35. The summed E-state index contributed by atoms with van der Waals surface area (Å²) in [5.41, 5.74) is -0.0204. The molecule has 0 bridgehead atoms. The fourth-order valence-corrected chi connectivity index (χ4v) is 4.60. The molecule has 0 N–H and O–H groups in total. The van der Waals surface area contributed by atoms with Crippen molar-refractivity contribution < 1.29 is 13.9 Å². The Balaban J connectivity index is 1.81. The lowest BCUT2D eigenvalue weighted by atomic mass is 9.69. The van der Waals surface area contributed by atoms with Gasteiger partial charge >= 0.3 is 5.97 Å². The molecule has 1 aromatic carbocycles. The Kier molecular flexibility index (Phi) is 5.65. The molecule has 0 atom stereocenters. The zero-order valence-corrected chi connectivity index (χ0v) is 15.7. The van der Waals surface area contributed by atoms with E-state index >= 15 is 0 Å². The first-order valence-corrected chi connectivity index (χ1v) is 9.87. The van der Waals surface area contributed by atoms with Gasteiger partial charge in [0.25, 0.3) is 0 Å². The molecule has 0 aromatic heterocycles. The van der Waals surface area contributed by atoms with Crippen molar-refractivity contribution in [2.24, 2.45) is 5.41 Å². The van der Waals surface area contributed by atoms with Crippen molar-refractivity contribution in [1.29, 1.82) is 5.26 Å². The maximum absolute atomic E-state index is 14.2. The highest BCUT2D eigenvalue weighted by Crippen LogP contribution is 2.42. The van der Waals surface area contributed by atoms with E-state index in [1.807, 2.05) is 6.07 Å². The molecule has 3 rings (SSSR count). The second kappa shape index (κ2) is 7.78. The SMILES string of the molecule is CC1(COC(=O)C2(c3ccc(C#N)c(F)c3)CCCCC2)CCCCC1. The fourth-order valence-electron chi connectivity index (χ4n) is 4.60. The van der Waals surface area contributed by atoms with Crippen LogP contribution in [-0.4, -0.2) is 12.6 Å². The number of hydrogen-bond donors (Lipinski definition) is 0. The molecule has 3 nitrogen and oxygen atoms in total. The second-order valence-corrected chi connectivity index (χ2v) is 8.40. The standard InChI is InChI=1S/C22H28FNO2/c1-21(10-4-2-5-11-21)16-26-20(25)22(12-6-3-7-13-22)18-9-8-17(15-24)19(23)14-18/h8-9,14H,2-7,10-13,16H2,1H3.